The molecule has 25 heavy (non-hydrogen) atoms. The zero-order chi connectivity index (χ0) is 18.3. The second kappa shape index (κ2) is 13.1. The molecule has 0 unspecified atom stereocenters. The first-order valence-electron chi connectivity index (χ1n) is 8.10. The predicted molar refractivity (Wildman–Crippen MR) is 96.9 cm³/mol. The van der Waals surface area contributed by atoms with Gasteiger partial charge in [0.15, 0.2) is 0 Å². The van der Waals surface area contributed by atoms with Crippen LogP contribution in [0.5, 0.6) is 0 Å². The number of aliphatic carboxylic acids is 1. The van der Waals surface area contributed by atoms with Gasteiger partial charge in [-0.2, -0.15) is 0 Å². The van der Waals surface area contributed by atoms with Gasteiger partial charge in [-0.3, -0.25) is 4.79 Å². The minimum Gasteiger partial charge on any atom is -0.480 e. The Hall–Kier alpha value is -2.25. The van der Waals surface area contributed by atoms with Crippen molar-refractivity contribution < 1.29 is 19.7 Å². The molecule has 0 fully saturated rings. The number of hydrogen-bond acceptors (Lipinski definition) is 5. The Morgan fingerprint density at radius 1 is 1.00 bits per heavy atom. The van der Waals surface area contributed by atoms with Crippen LogP contribution in [-0.2, 0) is 22.7 Å². The Balaban J connectivity index is 0.000000275. The molecule has 0 aromatic heterocycles. The lowest BCUT2D eigenvalue weighted by Crippen LogP contribution is -2.41. The molecular weight excluding hydrogens is 320 g/mol. The quantitative estimate of drug-likeness (QED) is 0.547. The highest BCUT2D eigenvalue weighted by molar-refractivity contribution is 5.73. The third-order valence-electron chi connectivity index (χ3n) is 3.24. The SMILES string of the molecule is NCCN[C@@H](CO)C(=O)O.c1ccc(COCc2ccccc2)cc1. The fourth-order valence-corrected chi connectivity index (χ4v) is 1.92. The lowest BCUT2D eigenvalue weighted by molar-refractivity contribution is -0.140. The molecule has 1 atom stereocenters. The van der Waals surface area contributed by atoms with Crippen LogP contribution in [0.2, 0.25) is 0 Å². The summed E-state index contributed by atoms with van der Waals surface area (Å²) in [6, 6.07) is 19.6. The van der Waals surface area contributed by atoms with Crippen molar-refractivity contribution in [3.05, 3.63) is 71.8 Å². The van der Waals surface area contributed by atoms with E-state index in [9.17, 15) is 4.79 Å². The molecule has 0 amide bonds. The third kappa shape index (κ3) is 9.59. The molecule has 6 nitrogen and oxygen atoms in total. The van der Waals surface area contributed by atoms with E-state index in [4.69, 9.17) is 20.7 Å². The van der Waals surface area contributed by atoms with Gasteiger partial charge in [-0.05, 0) is 11.1 Å². The molecule has 0 saturated heterocycles. The van der Waals surface area contributed by atoms with Crippen molar-refractivity contribution >= 4 is 5.97 Å². The van der Waals surface area contributed by atoms with E-state index in [2.05, 4.69) is 29.6 Å². The minimum absolute atomic E-state index is 0.365. The zero-order valence-electron chi connectivity index (χ0n) is 14.2. The van der Waals surface area contributed by atoms with E-state index in [1.807, 2.05) is 36.4 Å². The van der Waals surface area contributed by atoms with Gasteiger partial charge in [0.25, 0.3) is 0 Å². The largest absolute Gasteiger partial charge is 0.480 e. The first kappa shape index (κ1) is 20.8. The second-order valence-electron chi connectivity index (χ2n) is 5.28. The number of aliphatic hydroxyl groups excluding tert-OH is 1. The molecule has 6 heteroatoms. The number of carbonyl (C=O) groups is 1. The third-order valence-corrected chi connectivity index (χ3v) is 3.24. The van der Waals surface area contributed by atoms with Gasteiger partial charge in [-0.1, -0.05) is 60.7 Å². The highest BCUT2D eigenvalue weighted by atomic mass is 16.5. The molecule has 2 rings (SSSR count). The summed E-state index contributed by atoms with van der Waals surface area (Å²) in [7, 11) is 0. The van der Waals surface area contributed by atoms with E-state index in [1.165, 1.54) is 11.1 Å². The molecule has 0 saturated carbocycles. The lowest BCUT2D eigenvalue weighted by Gasteiger charge is -2.09. The molecule has 0 spiro atoms. The van der Waals surface area contributed by atoms with Crippen molar-refractivity contribution in [2.75, 3.05) is 19.7 Å². The highest BCUT2D eigenvalue weighted by Gasteiger charge is 2.13. The summed E-state index contributed by atoms with van der Waals surface area (Å²) < 4.78 is 5.61. The van der Waals surface area contributed by atoms with E-state index in [1.54, 1.807) is 0 Å². The minimum atomic E-state index is -1.06. The van der Waals surface area contributed by atoms with Crippen molar-refractivity contribution in [2.45, 2.75) is 19.3 Å². The summed E-state index contributed by atoms with van der Waals surface area (Å²) in [6.45, 7) is 1.71. The van der Waals surface area contributed by atoms with Crippen LogP contribution in [0.25, 0.3) is 0 Å². The number of hydrogen-bond donors (Lipinski definition) is 4. The van der Waals surface area contributed by atoms with Crippen LogP contribution in [0.15, 0.2) is 60.7 Å². The van der Waals surface area contributed by atoms with Crippen molar-refractivity contribution in [1.82, 2.24) is 5.32 Å². The van der Waals surface area contributed by atoms with Crippen LogP contribution >= 0.6 is 0 Å². The van der Waals surface area contributed by atoms with Crippen LogP contribution in [0.4, 0.5) is 0 Å². The molecule has 0 aliphatic rings. The van der Waals surface area contributed by atoms with Crippen LogP contribution in [0, 0.1) is 0 Å². The molecule has 2 aromatic carbocycles. The zero-order valence-corrected chi connectivity index (χ0v) is 14.2. The number of benzene rings is 2. The predicted octanol–water partition coefficient (Wildman–Crippen LogP) is 1.38. The fraction of sp³-hybridized carbons (Fsp3) is 0.316. The Labute approximate surface area is 148 Å². The summed E-state index contributed by atoms with van der Waals surface area (Å²) in [5, 5.41) is 19.3. The van der Waals surface area contributed by atoms with Crippen molar-refractivity contribution in [3.8, 4) is 0 Å². The summed E-state index contributed by atoms with van der Waals surface area (Å²) in [5.74, 6) is -1.06. The van der Waals surface area contributed by atoms with E-state index in [-0.39, 0.29) is 0 Å². The number of carboxylic acid groups (broad SMARTS) is 1. The van der Waals surface area contributed by atoms with Gasteiger partial charge >= 0.3 is 5.97 Å². The van der Waals surface area contributed by atoms with Crippen molar-refractivity contribution in [2.24, 2.45) is 5.73 Å². The molecule has 5 N–H and O–H groups in total. The van der Waals surface area contributed by atoms with E-state index < -0.39 is 18.6 Å². The van der Waals surface area contributed by atoms with Gasteiger partial charge in [0.1, 0.15) is 6.04 Å². The topological polar surface area (TPSA) is 105 Å². The normalized spacial score (nSPS) is 11.3. The number of carboxylic acids is 1. The number of aliphatic hydroxyl groups is 1. The van der Waals surface area contributed by atoms with E-state index in [0.29, 0.717) is 26.3 Å². The molecule has 0 aliphatic heterocycles. The van der Waals surface area contributed by atoms with Crippen molar-refractivity contribution in [1.29, 1.82) is 0 Å². The first-order valence-corrected chi connectivity index (χ1v) is 8.10. The molecule has 0 radical (unpaired) electrons. The monoisotopic (exact) mass is 346 g/mol. The summed E-state index contributed by atoms with van der Waals surface area (Å²) in [4.78, 5) is 10.2. The van der Waals surface area contributed by atoms with Crippen LogP contribution in [-0.4, -0.2) is 41.9 Å². The molecular formula is C19H26N2O4. The number of ether oxygens (including phenoxy) is 1. The number of nitrogens with two attached hydrogens (primary N) is 1. The summed E-state index contributed by atoms with van der Waals surface area (Å²) in [6.07, 6.45) is 0. The number of rotatable bonds is 9. The average Bonchev–Trinajstić information content (AvgIpc) is 2.64. The standard InChI is InChI=1S/C14H14O.C5H12N2O3/c1-3-7-13(8-4-1)11-15-12-14-9-5-2-6-10-14;6-1-2-7-4(3-8)5(9)10/h1-10H,11-12H2;4,7-8H,1-3,6H2,(H,9,10)/t;4-/m.0/s1. The van der Waals surface area contributed by atoms with Gasteiger partial charge in [0, 0.05) is 13.1 Å². The van der Waals surface area contributed by atoms with Gasteiger partial charge in [-0.15, -0.1) is 0 Å². The van der Waals surface area contributed by atoms with Gasteiger partial charge < -0.3 is 26.0 Å². The molecule has 2 aromatic rings. The second-order valence-corrected chi connectivity index (χ2v) is 5.28. The van der Waals surface area contributed by atoms with Crippen LogP contribution in [0.1, 0.15) is 11.1 Å². The smallest absolute Gasteiger partial charge is 0.323 e. The maximum Gasteiger partial charge on any atom is 0.323 e. The Morgan fingerprint density at radius 2 is 1.48 bits per heavy atom. The first-order chi connectivity index (χ1) is 12.2. The number of nitrogens with one attached hydrogen (secondary N) is 1. The summed E-state index contributed by atoms with van der Waals surface area (Å²) in [5.41, 5.74) is 7.53. The highest BCUT2D eigenvalue weighted by Crippen LogP contribution is 2.05. The van der Waals surface area contributed by atoms with E-state index in [0.717, 1.165) is 0 Å². The Kier molecular flexibility index (Phi) is 10.9. The van der Waals surface area contributed by atoms with E-state index >= 15 is 0 Å². The maximum absolute atomic E-state index is 10.2. The Bertz CT molecular complexity index is 539. The maximum atomic E-state index is 10.2. The van der Waals surface area contributed by atoms with Crippen LogP contribution < -0.4 is 11.1 Å². The summed E-state index contributed by atoms with van der Waals surface area (Å²) >= 11 is 0. The lowest BCUT2D eigenvalue weighted by atomic mass is 10.2. The molecule has 0 heterocycles. The van der Waals surface area contributed by atoms with Gasteiger partial charge in [0.2, 0.25) is 0 Å². The fourth-order valence-electron chi connectivity index (χ4n) is 1.92. The Morgan fingerprint density at radius 3 is 1.84 bits per heavy atom. The molecule has 136 valence electrons. The van der Waals surface area contributed by atoms with Crippen LogP contribution in [0.3, 0.4) is 0 Å². The average molecular weight is 346 g/mol. The molecule has 0 bridgehead atoms. The van der Waals surface area contributed by atoms with Gasteiger partial charge in [0.05, 0.1) is 19.8 Å². The van der Waals surface area contributed by atoms with Crippen molar-refractivity contribution in [3.63, 3.8) is 0 Å². The van der Waals surface area contributed by atoms with Gasteiger partial charge in [-0.25, -0.2) is 0 Å². The molecule has 0 aliphatic carbocycles.